The third-order valence-electron chi connectivity index (χ3n) is 4.93. The van der Waals surface area contributed by atoms with E-state index >= 15 is 0 Å². The molecule has 3 heteroatoms. The molecule has 0 spiro atoms. The van der Waals surface area contributed by atoms with Crippen LogP contribution in [0.3, 0.4) is 0 Å². The fourth-order valence-electron chi connectivity index (χ4n) is 4.08. The molecule has 1 saturated carbocycles. The van der Waals surface area contributed by atoms with Gasteiger partial charge in [-0.05, 0) is 56.0 Å². The minimum atomic E-state index is 0.606. The Kier molecular flexibility index (Phi) is 2.43. The predicted molar refractivity (Wildman–Crippen MR) is 77.6 cm³/mol. The van der Waals surface area contributed by atoms with Crippen molar-refractivity contribution < 1.29 is 0 Å². The Labute approximate surface area is 116 Å². The number of hydrogen-bond acceptors (Lipinski definition) is 2. The van der Waals surface area contributed by atoms with Gasteiger partial charge in [-0.3, -0.25) is 9.89 Å². The van der Waals surface area contributed by atoms with E-state index in [0.29, 0.717) is 6.04 Å². The van der Waals surface area contributed by atoms with Crippen molar-refractivity contribution in [3.05, 3.63) is 28.2 Å². The van der Waals surface area contributed by atoms with Crippen LogP contribution in [0.2, 0.25) is 0 Å². The van der Waals surface area contributed by atoms with Crippen molar-refractivity contribution in [1.29, 1.82) is 0 Å². The second-order valence-electron chi connectivity index (χ2n) is 5.89. The average molecular weight is 305 g/mol. The van der Waals surface area contributed by atoms with E-state index in [2.05, 4.69) is 46.1 Å². The molecule has 1 aliphatic carbocycles. The van der Waals surface area contributed by atoms with Crippen molar-refractivity contribution >= 4 is 27.3 Å². The monoisotopic (exact) mass is 304 g/mol. The predicted octanol–water partition coefficient (Wildman–Crippen LogP) is 3.56. The van der Waals surface area contributed by atoms with Gasteiger partial charge in [-0.2, -0.15) is 0 Å². The quantitative estimate of drug-likeness (QED) is 0.774. The Hall–Kier alpha value is -0.670. The van der Waals surface area contributed by atoms with Gasteiger partial charge in [0.05, 0.1) is 11.7 Å². The molecule has 2 bridgehead atoms. The Morgan fingerprint density at radius 3 is 3.00 bits per heavy atom. The van der Waals surface area contributed by atoms with Gasteiger partial charge in [0.15, 0.2) is 0 Å². The van der Waals surface area contributed by atoms with Crippen molar-refractivity contribution in [2.75, 3.05) is 7.05 Å². The zero-order valence-electron chi connectivity index (χ0n) is 10.6. The number of fused-ring (bicyclic) bond motifs is 3. The highest BCUT2D eigenvalue weighted by Crippen LogP contribution is 2.44. The molecular formula is C15H17BrN2. The van der Waals surface area contributed by atoms with Crippen molar-refractivity contribution in [2.24, 2.45) is 10.9 Å². The summed E-state index contributed by atoms with van der Waals surface area (Å²) in [6, 6.07) is 7.88. The van der Waals surface area contributed by atoms with Crippen LogP contribution in [-0.2, 0) is 6.42 Å². The van der Waals surface area contributed by atoms with Crippen molar-refractivity contribution in [2.45, 2.75) is 37.8 Å². The molecule has 0 aromatic heterocycles. The maximum absolute atomic E-state index is 4.90. The molecule has 1 aromatic carbocycles. The minimum absolute atomic E-state index is 0.606. The van der Waals surface area contributed by atoms with E-state index < -0.39 is 0 Å². The Balaban J connectivity index is 1.65. The number of benzene rings is 1. The van der Waals surface area contributed by atoms with Gasteiger partial charge in [0, 0.05) is 22.6 Å². The van der Waals surface area contributed by atoms with E-state index in [-0.39, 0.29) is 0 Å². The van der Waals surface area contributed by atoms with Gasteiger partial charge in [0.25, 0.3) is 0 Å². The van der Waals surface area contributed by atoms with E-state index in [1.807, 2.05) is 0 Å². The zero-order chi connectivity index (χ0) is 12.3. The summed E-state index contributed by atoms with van der Waals surface area (Å²) in [6.45, 7) is 0. The van der Waals surface area contributed by atoms with Crippen LogP contribution in [0.4, 0.5) is 5.69 Å². The van der Waals surface area contributed by atoms with Gasteiger partial charge in [0.1, 0.15) is 0 Å². The normalized spacial score (nSPS) is 33.9. The molecule has 94 valence electrons. The molecule has 2 heterocycles. The summed E-state index contributed by atoms with van der Waals surface area (Å²) < 4.78 is 1.17. The third kappa shape index (κ3) is 1.53. The molecule has 0 amide bonds. The first-order chi connectivity index (χ1) is 8.72. The van der Waals surface area contributed by atoms with Crippen molar-refractivity contribution in [3.63, 3.8) is 0 Å². The van der Waals surface area contributed by atoms with E-state index in [1.165, 1.54) is 40.7 Å². The Morgan fingerprint density at radius 1 is 1.33 bits per heavy atom. The molecule has 2 fully saturated rings. The summed E-state index contributed by atoms with van der Waals surface area (Å²) >= 11 is 3.55. The maximum atomic E-state index is 4.90. The largest absolute Gasteiger partial charge is 0.295 e. The van der Waals surface area contributed by atoms with Crippen molar-refractivity contribution in [3.8, 4) is 0 Å². The number of rotatable bonds is 1. The lowest BCUT2D eigenvalue weighted by Gasteiger charge is -2.32. The highest BCUT2D eigenvalue weighted by molar-refractivity contribution is 9.10. The van der Waals surface area contributed by atoms with Crippen LogP contribution in [-0.4, -0.2) is 29.7 Å². The maximum Gasteiger partial charge on any atom is 0.0666 e. The van der Waals surface area contributed by atoms with Crippen LogP contribution in [0.25, 0.3) is 0 Å². The number of aliphatic imine (C=N–C) groups is 1. The second kappa shape index (κ2) is 3.91. The second-order valence-corrected chi connectivity index (χ2v) is 6.81. The van der Waals surface area contributed by atoms with E-state index in [9.17, 15) is 0 Å². The fraction of sp³-hybridized carbons (Fsp3) is 0.533. The van der Waals surface area contributed by atoms with Crippen LogP contribution >= 0.6 is 15.9 Å². The topological polar surface area (TPSA) is 15.6 Å². The number of nitrogens with zero attached hydrogens (tertiary/aromatic N) is 2. The highest BCUT2D eigenvalue weighted by atomic mass is 79.9. The van der Waals surface area contributed by atoms with E-state index in [4.69, 9.17) is 4.99 Å². The van der Waals surface area contributed by atoms with Gasteiger partial charge >= 0.3 is 0 Å². The zero-order valence-corrected chi connectivity index (χ0v) is 12.2. The minimum Gasteiger partial charge on any atom is -0.295 e. The molecule has 2 aliphatic heterocycles. The molecule has 1 saturated heterocycles. The lowest BCUT2D eigenvalue weighted by Crippen LogP contribution is -2.43. The lowest BCUT2D eigenvalue weighted by atomic mass is 9.92. The smallest absolute Gasteiger partial charge is 0.0666 e. The van der Waals surface area contributed by atoms with E-state index in [0.717, 1.165) is 18.4 Å². The molecule has 0 unspecified atom stereocenters. The van der Waals surface area contributed by atoms with Gasteiger partial charge < -0.3 is 0 Å². The molecule has 0 N–H and O–H groups in total. The molecule has 3 aliphatic rings. The van der Waals surface area contributed by atoms with Crippen molar-refractivity contribution in [1.82, 2.24) is 4.90 Å². The average Bonchev–Trinajstić information content (AvgIpc) is 3.00. The number of piperidine rings is 1. The summed E-state index contributed by atoms with van der Waals surface area (Å²) in [5, 5.41) is 0. The summed E-state index contributed by atoms with van der Waals surface area (Å²) in [4.78, 5) is 7.48. The Morgan fingerprint density at radius 2 is 2.22 bits per heavy atom. The standard InChI is InChI=1S/C15H17BrN2/c1-18-12-4-2-9(7-12)15(18)14-8-10-6-11(16)3-5-13(10)17-14/h3,5-6,9,12,15H,2,4,7-8H2,1H3/t9-,12+,15-/m0/s1. The van der Waals surface area contributed by atoms with E-state index in [1.54, 1.807) is 0 Å². The summed E-state index contributed by atoms with van der Waals surface area (Å²) in [6.07, 6.45) is 5.23. The van der Waals surface area contributed by atoms with Crippen LogP contribution in [0.5, 0.6) is 0 Å². The summed E-state index contributed by atoms with van der Waals surface area (Å²) in [5.74, 6) is 0.858. The van der Waals surface area contributed by atoms with Crippen LogP contribution in [0.1, 0.15) is 24.8 Å². The SMILES string of the molecule is CN1[C@@H]2CC[C@@H](C2)[C@H]1C1=Nc2ccc(Br)cc2C1. The van der Waals surface area contributed by atoms with Gasteiger partial charge in [-0.15, -0.1) is 0 Å². The molecule has 2 nitrogen and oxygen atoms in total. The molecule has 0 radical (unpaired) electrons. The molecule has 4 rings (SSSR count). The molecule has 1 aromatic rings. The summed E-state index contributed by atoms with van der Waals surface area (Å²) in [7, 11) is 2.29. The van der Waals surface area contributed by atoms with Gasteiger partial charge in [-0.25, -0.2) is 0 Å². The van der Waals surface area contributed by atoms with Gasteiger partial charge in [0.2, 0.25) is 0 Å². The summed E-state index contributed by atoms with van der Waals surface area (Å²) in [5.41, 5.74) is 3.97. The number of halogens is 1. The Bertz CT molecular complexity index is 535. The highest BCUT2D eigenvalue weighted by Gasteiger charge is 2.46. The number of likely N-dealkylation sites (tertiary alicyclic amines) is 1. The fourth-order valence-corrected chi connectivity index (χ4v) is 4.49. The van der Waals surface area contributed by atoms with Crippen LogP contribution < -0.4 is 0 Å². The molecule has 3 atom stereocenters. The first kappa shape index (κ1) is 11.2. The third-order valence-corrected chi connectivity index (χ3v) is 5.42. The first-order valence-corrected chi connectivity index (χ1v) is 7.59. The first-order valence-electron chi connectivity index (χ1n) is 6.80. The van der Waals surface area contributed by atoms with Crippen LogP contribution in [0.15, 0.2) is 27.7 Å². The molecular weight excluding hydrogens is 288 g/mol. The lowest BCUT2D eigenvalue weighted by molar-refractivity contribution is 0.222. The van der Waals surface area contributed by atoms with Crippen LogP contribution in [0, 0.1) is 5.92 Å². The molecule has 18 heavy (non-hydrogen) atoms. The number of hydrogen-bond donors (Lipinski definition) is 0. The van der Waals surface area contributed by atoms with Gasteiger partial charge in [-0.1, -0.05) is 15.9 Å².